The standard InChI is InChI=1S/C17H22N2O/c1-12(2)19(13(3)4)18-11-16-15-8-6-5-7-14(15)9-10-17(16)20/h5-13,20H,1-4H3. The van der Waals surface area contributed by atoms with Crippen molar-refractivity contribution in [3.8, 4) is 5.75 Å². The molecule has 0 aliphatic heterocycles. The molecule has 0 saturated carbocycles. The number of phenols is 1. The highest BCUT2D eigenvalue weighted by molar-refractivity contribution is 6.02. The maximum atomic E-state index is 10.1. The lowest BCUT2D eigenvalue weighted by Crippen LogP contribution is -2.32. The third-order valence-electron chi connectivity index (χ3n) is 3.33. The van der Waals surface area contributed by atoms with Gasteiger partial charge in [0.1, 0.15) is 5.75 Å². The van der Waals surface area contributed by atoms with Crippen LogP contribution in [0.3, 0.4) is 0 Å². The van der Waals surface area contributed by atoms with E-state index in [9.17, 15) is 5.11 Å². The van der Waals surface area contributed by atoms with Crippen molar-refractivity contribution in [2.75, 3.05) is 0 Å². The molecule has 1 N–H and O–H groups in total. The van der Waals surface area contributed by atoms with Gasteiger partial charge in [0.25, 0.3) is 0 Å². The quantitative estimate of drug-likeness (QED) is 0.673. The minimum absolute atomic E-state index is 0.264. The Morgan fingerprint density at radius 2 is 1.65 bits per heavy atom. The van der Waals surface area contributed by atoms with Gasteiger partial charge in [-0.1, -0.05) is 30.3 Å². The first-order valence-corrected chi connectivity index (χ1v) is 7.03. The average Bonchev–Trinajstić information content (AvgIpc) is 2.40. The molecule has 20 heavy (non-hydrogen) atoms. The summed E-state index contributed by atoms with van der Waals surface area (Å²) in [5, 5.41) is 18.8. The molecule has 0 unspecified atom stereocenters. The SMILES string of the molecule is CC(C)N(N=Cc1c(O)ccc2ccccc12)C(C)C. The predicted molar refractivity (Wildman–Crippen MR) is 85.3 cm³/mol. The van der Waals surface area contributed by atoms with Gasteiger partial charge >= 0.3 is 0 Å². The third kappa shape index (κ3) is 2.93. The van der Waals surface area contributed by atoms with Crippen LogP contribution in [0.4, 0.5) is 0 Å². The Morgan fingerprint density at radius 3 is 2.30 bits per heavy atom. The number of hydrogen-bond acceptors (Lipinski definition) is 3. The van der Waals surface area contributed by atoms with E-state index in [1.165, 1.54) is 0 Å². The molecule has 0 bridgehead atoms. The summed E-state index contributed by atoms with van der Waals surface area (Å²) in [5.41, 5.74) is 0.773. The van der Waals surface area contributed by atoms with Gasteiger partial charge in [-0.3, -0.25) is 5.01 Å². The molecule has 0 amide bonds. The number of fused-ring (bicyclic) bond motifs is 1. The highest BCUT2D eigenvalue weighted by Crippen LogP contribution is 2.25. The summed E-state index contributed by atoms with van der Waals surface area (Å²) in [6.07, 6.45) is 1.76. The van der Waals surface area contributed by atoms with Crippen LogP contribution < -0.4 is 0 Å². The van der Waals surface area contributed by atoms with Crippen LogP contribution in [0.2, 0.25) is 0 Å². The van der Waals surface area contributed by atoms with Crippen LogP contribution in [0, 0.1) is 0 Å². The fourth-order valence-corrected chi connectivity index (χ4v) is 2.41. The molecule has 2 aromatic carbocycles. The van der Waals surface area contributed by atoms with Gasteiger partial charge in [0.15, 0.2) is 0 Å². The van der Waals surface area contributed by atoms with Crippen LogP contribution in [0.25, 0.3) is 10.8 Å². The summed E-state index contributed by atoms with van der Waals surface area (Å²) in [6, 6.07) is 12.3. The number of nitrogens with zero attached hydrogens (tertiary/aromatic N) is 2. The number of phenolic OH excluding ortho intramolecular Hbond substituents is 1. The van der Waals surface area contributed by atoms with Gasteiger partial charge < -0.3 is 5.11 Å². The fraction of sp³-hybridized carbons (Fsp3) is 0.353. The largest absolute Gasteiger partial charge is 0.507 e. The summed E-state index contributed by atoms with van der Waals surface area (Å²) in [4.78, 5) is 0. The van der Waals surface area contributed by atoms with Gasteiger partial charge in [0.05, 0.1) is 6.21 Å². The van der Waals surface area contributed by atoms with E-state index in [0.29, 0.717) is 12.1 Å². The predicted octanol–water partition coefficient (Wildman–Crippen LogP) is 4.00. The molecule has 3 heteroatoms. The zero-order chi connectivity index (χ0) is 14.7. The summed E-state index contributed by atoms with van der Waals surface area (Å²) < 4.78 is 0. The normalized spacial score (nSPS) is 11.9. The minimum Gasteiger partial charge on any atom is -0.507 e. The average molecular weight is 270 g/mol. The number of hydrogen-bond donors (Lipinski definition) is 1. The number of benzene rings is 2. The molecule has 2 rings (SSSR count). The lowest BCUT2D eigenvalue weighted by molar-refractivity contribution is 0.185. The highest BCUT2D eigenvalue weighted by Gasteiger charge is 2.10. The van der Waals surface area contributed by atoms with E-state index >= 15 is 0 Å². The maximum Gasteiger partial charge on any atom is 0.125 e. The monoisotopic (exact) mass is 270 g/mol. The molecule has 0 aliphatic rings. The topological polar surface area (TPSA) is 35.8 Å². The van der Waals surface area contributed by atoms with Gasteiger partial charge in [-0.15, -0.1) is 0 Å². The first kappa shape index (κ1) is 14.4. The van der Waals surface area contributed by atoms with E-state index in [1.807, 2.05) is 35.3 Å². The number of hydrazone groups is 1. The van der Waals surface area contributed by atoms with Crippen molar-refractivity contribution < 1.29 is 5.11 Å². The summed E-state index contributed by atoms with van der Waals surface area (Å²) in [6.45, 7) is 8.45. The molecule has 0 heterocycles. The molecule has 2 aromatic rings. The molecule has 106 valence electrons. The van der Waals surface area contributed by atoms with E-state index in [0.717, 1.165) is 16.3 Å². The third-order valence-corrected chi connectivity index (χ3v) is 3.33. The Labute approximate surface area is 120 Å². The van der Waals surface area contributed by atoms with Crippen LogP contribution in [0.5, 0.6) is 5.75 Å². The van der Waals surface area contributed by atoms with Crippen LogP contribution in [0.1, 0.15) is 33.3 Å². The fourth-order valence-electron chi connectivity index (χ4n) is 2.41. The van der Waals surface area contributed by atoms with Crippen molar-refractivity contribution in [2.45, 2.75) is 39.8 Å². The summed E-state index contributed by atoms with van der Waals surface area (Å²) >= 11 is 0. The van der Waals surface area contributed by atoms with Crippen LogP contribution in [-0.4, -0.2) is 28.4 Å². The van der Waals surface area contributed by atoms with E-state index in [1.54, 1.807) is 12.3 Å². The Kier molecular flexibility index (Phi) is 4.28. The summed E-state index contributed by atoms with van der Waals surface area (Å²) in [7, 11) is 0. The van der Waals surface area contributed by atoms with E-state index in [4.69, 9.17) is 0 Å². The van der Waals surface area contributed by atoms with Crippen LogP contribution in [-0.2, 0) is 0 Å². The van der Waals surface area contributed by atoms with Crippen molar-refractivity contribution >= 4 is 17.0 Å². The molecule has 0 saturated heterocycles. The van der Waals surface area contributed by atoms with E-state index in [-0.39, 0.29) is 5.75 Å². The van der Waals surface area contributed by atoms with Crippen molar-refractivity contribution in [1.82, 2.24) is 5.01 Å². The Bertz CT molecular complexity index is 609. The molecule has 0 aromatic heterocycles. The van der Waals surface area contributed by atoms with Crippen molar-refractivity contribution in [3.63, 3.8) is 0 Å². The van der Waals surface area contributed by atoms with Crippen molar-refractivity contribution in [1.29, 1.82) is 0 Å². The lowest BCUT2D eigenvalue weighted by atomic mass is 10.0. The highest BCUT2D eigenvalue weighted by atomic mass is 16.3. The molecule has 0 radical (unpaired) electrons. The smallest absolute Gasteiger partial charge is 0.125 e. The van der Waals surface area contributed by atoms with Crippen molar-refractivity contribution in [2.24, 2.45) is 5.10 Å². The van der Waals surface area contributed by atoms with E-state index in [2.05, 4.69) is 32.8 Å². The molecule has 0 aliphatic carbocycles. The first-order valence-electron chi connectivity index (χ1n) is 7.03. The number of rotatable bonds is 4. The number of aromatic hydroxyl groups is 1. The molecule has 0 spiro atoms. The van der Waals surface area contributed by atoms with Gasteiger partial charge in [0.2, 0.25) is 0 Å². The second kappa shape index (κ2) is 5.95. The molecular formula is C17H22N2O. The molecule has 0 atom stereocenters. The van der Waals surface area contributed by atoms with Crippen molar-refractivity contribution in [3.05, 3.63) is 42.0 Å². The van der Waals surface area contributed by atoms with Gasteiger partial charge in [-0.05, 0) is 44.5 Å². The Morgan fingerprint density at radius 1 is 1.00 bits per heavy atom. The summed E-state index contributed by atoms with van der Waals surface area (Å²) in [5.74, 6) is 0.264. The van der Waals surface area contributed by atoms with E-state index < -0.39 is 0 Å². The zero-order valence-electron chi connectivity index (χ0n) is 12.5. The second-order valence-corrected chi connectivity index (χ2v) is 5.53. The Balaban J connectivity index is 2.45. The Hall–Kier alpha value is -2.03. The van der Waals surface area contributed by atoms with Crippen LogP contribution >= 0.6 is 0 Å². The first-order chi connectivity index (χ1) is 9.50. The maximum absolute atomic E-state index is 10.1. The van der Waals surface area contributed by atoms with Crippen LogP contribution in [0.15, 0.2) is 41.5 Å². The molecule has 3 nitrogen and oxygen atoms in total. The zero-order valence-corrected chi connectivity index (χ0v) is 12.5. The van der Waals surface area contributed by atoms with Gasteiger partial charge in [-0.2, -0.15) is 5.10 Å². The van der Waals surface area contributed by atoms with Gasteiger partial charge in [-0.25, -0.2) is 0 Å². The minimum atomic E-state index is 0.264. The molecule has 0 fully saturated rings. The van der Waals surface area contributed by atoms with Gasteiger partial charge in [0, 0.05) is 17.6 Å². The second-order valence-electron chi connectivity index (χ2n) is 5.53. The lowest BCUT2D eigenvalue weighted by Gasteiger charge is -2.27. The molecular weight excluding hydrogens is 248 g/mol.